The van der Waals surface area contributed by atoms with Gasteiger partial charge in [0.1, 0.15) is 12.3 Å². The van der Waals surface area contributed by atoms with Gasteiger partial charge in [0.2, 0.25) is 5.41 Å². The fraction of sp³-hybridized carbons (Fsp3) is 0.333. The van der Waals surface area contributed by atoms with Crippen LogP contribution in [0.25, 0.3) is 0 Å². The number of rotatable bonds is 6. The maximum Gasteiger partial charge on any atom is 1.00 e. The molecule has 11 heteroatoms. The summed E-state index contributed by atoms with van der Waals surface area (Å²) in [5.41, 5.74) is -3.22. The van der Waals surface area contributed by atoms with Crippen molar-refractivity contribution in [3.8, 4) is 0 Å². The average Bonchev–Trinajstić information content (AvgIpc) is 2.27. The van der Waals surface area contributed by atoms with Gasteiger partial charge in [-0.15, -0.1) is 13.2 Å². The molecule has 110 valence electrons. The number of allylic oxidation sites excluding steroid dienone is 2. The van der Waals surface area contributed by atoms with E-state index in [1.165, 1.54) is 0 Å². The Morgan fingerprint density at radius 2 is 1.25 bits per heavy atom. The Morgan fingerprint density at radius 3 is 1.35 bits per heavy atom. The van der Waals surface area contributed by atoms with Crippen molar-refractivity contribution in [1.82, 2.24) is 0 Å². The minimum atomic E-state index is -3.22. The van der Waals surface area contributed by atoms with E-state index >= 15 is 0 Å². The maximum absolute atomic E-state index is 13.2. The topological polar surface area (TPSA) is 135 Å². The third kappa shape index (κ3) is 5.85. The van der Waals surface area contributed by atoms with E-state index in [1.54, 1.807) is 0 Å². The molecule has 2 unspecified atom stereocenters. The first-order valence-corrected chi connectivity index (χ1v) is 4.63. The van der Waals surface area contributed by atoms with Crippen LogP contribution in [0.4, 0.5) is 8.78 Å². The van der Waals surface area contributed by atoms with Gasteiger partial charge in [0, 0.05) is 0 Å². The fourth-order valence-corrected chi connectivity index (χ4v) is 1.09. The van der Waals surface area contributed by atoms with Crippen LogP contribution < -0.4 is 18.9 Å². The smallest absolute Gasteiger partial charge is 1.00 e. The quantitative estimate of drug-likeness (QED) is 0.193. The van der Waals surface area contributed by atoms with Gasteiger partial charge < -0.3 is 26.7 Å². The number of carboxylic acid groups (broad SMARTS) is 2. The molecule has 0 bridgehead atoms. The normalized spacial score (nSPS) is 12.7. The summed E-state index contributed by atoms with van der Waals surface area (Å²) in [7, 11) is -2.17. The first kappa shape index (κ1) is 23.9. The van der Waals surface area contributed by atoms with Crippen LogP contribution in [0.2, 0.25) is 0 Å². The summed E-state index contributed by atoms with van der Waals surface area (Å²) in [6.45, 7) is 5.81. The molecule has 0 spiro atoms. The summed E-state index contributed by atoms with van der Waals surface area (Å²) in [4.78, 5) is 21.4. The van der Waals surface area contributed by atoms with Crippen molar-refractivity contribution < 1.29 is 63.9 Å². The molecule has 0 aromatic rings. The summed E-state index contributed by atoms with van der Waals surface area (Å²) in [6.07, 6.45) is -4.25. The van der Waals surface area contributed by atoms with E-state index in [0.29, 0.717) is 12.2 Å². The SMILES string of the molecule is C=CC(F)C(C(=O)O)(C(=O)O)C(F)C=C.OB(O)O.[H-].[Li+]. The Kier molecular flexibility index (Phi) is 12.6. The Labute approximate surface area is 127 Å². The van der Waals surface area contributed by atoms with Gasteiger partial charge in [-0.05, 0) is 0 Å². The van der Waals surface area contributed by atoms with E-state index in [9.17, 15) is 18.4 Å². The minimum absolute atomic E-state index is 0. The molecule has 0 heterocycles. The van der Waals surface area contributed by atoms with Gasteiger partial charge in [-0.1, -0.05) is 12.2 Å². The van der Waals surface area contributed by atoms with Gasteiger partial charge in [-0.25, -0.2) is 8.78 Å². The average molecular weight is 290 g/mol. The first-order chi connectivity index (χ1) is 8.58. The van der Waals surface area contributed by atoms with Crippen LogP contribution in [-0.2, 0) is 9.59 Å². The van der Waals surface area contributed by atoms with Gasteiger partial charge in [0.05, 0.1) is 0 Å². The van der Waals surface area contributed by atoms with Crippen LogP contribution in [0.5, 0.6) is 0 Å². The molecule has 0 aromatic heterocycles. The zero-order valence-corrected chi connectivity index (χ0v) is 10.6. The maximum atomic E-state index is 13.2. The van der Waals surface area contributed by atoms with E-state index in [-0.39, 0.29) is 20.3 Å². The van der Waals surface area contributed by atoms with Gasteiger partial charge in [-0.2, -0.15) is 0 Å². The molecular formula is C9H14BF2LiO7. The van der Waals surface area contributed by atoms with Crippen molar-refractivity contribution in [3.05, 3.63) is 25.3 Å². The Morgan fingerprint density at radius 1 is 1.05 bits per heavy atom. The molecule has 0 aliphatic heterocycles. The van der Waals surface area contributed by atoms with Crippen LogP contribution >= 0.6 is 0 Å². The molecule has 0 aromatic carbocycles. The molecular weight excluding hydrogens is 276 g/mol. The van der Waals surface area contributed by atoms with Gasteiger partial charge >= 0.3 is 38.1 Å². The first-order valence-electron chi connectivity index (χ1n) is 4.63. The molecule has 0 aliphatic carbocycles. The van der Waals surface area contributed by atoms with E-state index in [0.717, 1.165) is 0 Å². The number of aliphatic carboxylic acids is 2. The Balaban J connectivity index is -0.000000213. The molecule has 0 radical (unpaired) electrons. The molecule has 0 saturated heterocycles. The Hall–Kier alpha value is -1.18. The summed E-state index contributed by atoms with van der Waals surface area (Å²) >= 11 is 0. The van der Waals surface area contributed by atoms with E-state index in [1.807, 2.05) is 0 Å². The number of carboxylic acids is 2. The zero-order chi connectivity index (χ0) is 15.8. The van der Waals surface area contributed by atoms with E-state index in [2.05, 4.69) is 13.2 Å². The summed E-state index contributed by atoms with van der Waals surface area (Å²) in [5, 5.41) is 38.8. The zero-order valence-electron chi connectivity index (χ0n) is 11.6. The molecule has 0 aliphatic rings. The second kappa shape index (κ2) is 10.6. The largest absolute Gasteiger partial charge is 1.00 e. The second-order valence-electron chi connectivity index (χ2n) is 3.10. The third-order valence-electron chi connectivity index (χ3n) is 1.99. The van der Waals surface area contributed by atoms with Gasteiger partial charge in [-0.3, -0.25) is 9.59 Å². The van der Waals surface area contributed by atoms with Crippen LogP contribution in [0, 0.1) is 5.41 Å². The molecule has 0 rings (SSSR count). The predicted octanol–water partition coefficient (Wildman–Crippen LogP) is -3.75. The number of alkyl halides is 2. The van der Waals surface area contributed by atoms with Crippen LogP contribution in [0.1, 0.15) is 1.43 Å². The molecule has 2 atom stereocenters. The molecule has 0 amide bonds. The van der Waals surface area contributed by atoms with E-state index in [4.69, 9.17) is 25.3 Å². The summed E-state index contributed by atoms with van der Waals surface area (Å²) in [5.74, 6) is -4.23. The number of hydrogen-bond donors (Lipinski definition) is 5. The van der Waals surface area contributed by atoms with Crippen molar-refractivity contribution in [2.24, 2.45) is 5.41 Å². The molecule has 0 fully saturated rings. The monoisotopic (exact) mass is 290 g/mol. The Bertz CT molecular complexity index is 326. The van der Waals surface area contributed by atoms with Crippen LogP contribution in [-0.4, -0.2) is 56.9 Å². The van der Waals surface area contributed by atoms with Crippen molar-refractivity contribution in [1.29, 1.82) is 0 Å². The fourth-order valence-electron chi connectivity index (χ4n) is 1.09. The van der Waals surface area contributed by atoms with Crippen LogP contribution in [0.3, 0.4) is 0 Å². The second-order valence-corrected chi connectivity index (χ2v) is 3.10. The molecule has 20 heavy (non-hydrogen) atoms. The number of carbonyl (C=O) groups is 2. The third-order valence-corrected chi connectivity index (χ3v) is 1.99. The van der Waals surface area contributed by atoms with Gasteiger partial charge in [0.15, 0.2) is 0 Å². The van der Waals surface area contributed by atoms with E-state index < -0.39 is 37.0 Å². The molecule has 0 saturated carbocycles. The van der Waals surface area contributed by atoms with Crippen molar-refractivity contribution in [3.63, 3.8) is 0 Å². The summed E-state index contributed by atoms with van der Waals surface area (Å²) < 4.78 is 26.4. The van der Waals surface area contributed by atoms with Crippen molar-refractivity contribution in [2.75, 3.05) is 0 Å². The van der Waals surface area contributed by atoms with Crippen LogP contribution in [0.15, 0.2) is 25.3 Å². The van der Waals surface area contributed by atoms with Crippen molar-refractivity contribution >= 4 is 19.3 Å². The molecule has 7 nitrogen and oxygen atoms in total. The predicted molar refractivity (Wildman–Crippen MR) is 61.4 cm³/mol. The number of halogens is 2. The van der Waals surface area contributed by atoms with Gasteiger partial charge in [0.25, 0.3) is 0 Å². The standard InChI is InChI=1S/C9H10F2O4.BH3O3.Li.H/c1-3-5(10)9(7(12)13,8(14)15)6(11)4-2;2-1(3)4;;/h3-6H,1-2H2,(H,12,13)(H,14,15);2-4H;;/q;;+1;-1. The summed E-state index contributed by atoms with van der Waals surface area (Å²) in [6, 6.07) is 0. The van der Waals surface area contributed by atoms with Crippen molar-refractivity contribution in [2.45, 2.75) is 12.3 Å². The molecule has 5 N–H and O–H groups in total. The number of hydrogen-bond acceptors (Lipinski definition) is 5. The minimum Gasteiger partial charge on any atom is -1.00 e.